The fourth-order valence-electron chi connectivity index (χ4n) is 3.75. The Morgan fingerprint density at radius 1 is 0.935 bits per heavy atom. The third-order valence-corrected chi connectivity index (χ3v) is 5.41. The number of unbranched alkanes of at least 4 members (excludes halogenated alkanes) is 2. The molecule has 1 fully saturated rings. The maximum Gasteiger partial charge on any atom is 0.203 e. The standard InChI is InChI=1S/C23H40N4O4/c1-6-24-23(25-10-8-7-9-15-28-2)27-13-11-26(12-14-27)18-19-16-20(29-3)22(31-5)21(17-19)30-4/h16-17H,6-15,18H2,1-5H3,(H,24,25). The summed E-state index contributed by atoms with van der Waals surface area (Å²) in [4.78, 5) is 9.65. The molecule has 0 unspecified atom stereocenters. The van der Waals surface area contributed by atoms with Gasteiger partial charge in [0.25, 0.3) is 0 Å². The molecule has 0 amide bonds. The van der Waals surface area contributed by atoms with Crippen molar-refractivity contribution in [2.45, 2.75) is 32.7 Å². The number of nitrogens with one attached hydrogen (secondary N) is 1. The number of rotatable bonds is 12. The fourth-order valence-corrected chi connectivity index (χ4v) is 3.75. The number of guanidine groups is 1. The number of methoxy groups -OCH3 is 4. The first-order chi connectivity index (χ1) is 15.2. The summed E-state index contributed by atoms with van der Waals surface area (Å²) in [5.74, 6) is 3.05. The van der Waals surface area contributed by atoms with Crippen molar-refractivity contribution in [3.05, 3.63) is 17.7 Å². The van der Waals surface area contributed by atoms with Gasteiger partial charge in [-0.1, -0.05) is 0 Å². The third kappa shape index (κ3) is 7.78. The second kappa shape index (κ2) is 14.0. The lowest BCUT2D eigenvalue weighted by molar-refractivity contribution is 0.172. The van der Waals surface area contributed by atoms with Crippen LogP contribution in [0.1, 0.15) is 31.7 Å². The van der Waals surface area contributed by atoms with Crippen molar-refractivity contribution in [2.75, 3.05) is 74.3 Å². The van der Waals surface area contributed by atoms with Gasteiger partial charge in [-0.25, -0.2) is 0 Å². The lowest BCUT2D eigenvalue weighted by Crippen LogP contribution is -2.52. The number of hydrogen-bond acceptors (Lipinski definition) is 6. The van der Waals surface area contributed by atoms with Crippen molar-refractivity contribution in [3.63, 3.8) is 0 Å². The van der Waals surface area contributed by atoms with Gasteiger partial charge in [0.05, 0.1) is 21.3 Å². The fraction of sp³-hybridized carbons (Fsp3) is 0.696. The summed E-state index contributed by atoms with van der Waals surface area (Å²) >= 11 is 0. The van der Waals surface area contributed by atoms with Gasteiger partial charge in [-0.05, 0) is 43.9 Å². The summed E-state index contributed by atoms with van der Waals surface area (Å²) in [6, 6.07) is 4.06. The molecule has 0 spiro atoms. The Morgan fingerprint density at radius 3 is 2.16 bits per heavy atom. The topological polar surface area (TPSA) is 67.8 Å². The van der Waals surface area contributed by atoms with Crippen LogP contribution < -0.4 is 19.5 Å². The highest BCUT2D eigenvalue weighted by atomic mass is 16.5. The van der Waals surface area contributed by atoms with Crippen molar-refractivity contribution in [1.82, 2.24) is 15.1 Å². The van der Waals surface area contributed by atoms with E-state index >= 15 is 0 Å². The molecule has 2 rings (SSSR count). The smallest absolute Gasteiger partial charge is 0.203 e. The highest BCUT2D eigenvalue weighted by molar-refractivity contribution is 5.80. The SMILES string of the molecule is CCNC(=NCCCCCOC)N1CCN(Cc2cc(OC)c(OC)c(OC)c2)CC1. The first-order valence-corrected chi connectivity index (χ1v) is 11.2. The molecule has 0 aromatic heterocycles. The van der Waals surface area contributed by atoms with Gasteiger partial charge < -0.3 is 29.2 Å². The minimum atomic E-state index is 0.632. The molecular weight excluding hydrogens is 396 g/mol. The molecule has 1 N–H and O–H groups in total. The highest BCUT2D eigenvalue weighted by Gasteiger charge is 2.21. The van der Waals surface area contributed by atoms with E-state index in [2.05, 4.69) is 22.0 Å². The minimum Gasteiger partial charge on any atom is -0.493 e. The number of ether oxygens (including phenoxy) is 4. The lowest BCUT2D eigenvalue weighted by atomic mass is 10.1. The number of piperazine rings is 1. The van der Waals surface area contributed by atoms with Gasteiger partial charge in [0.15, 0.2) is 17.5 Å². The maximum atomic E-state index is 5.49. The average Bonchev–Trinajstić information content (AvgIpc) is 2.80. The highest BCUT2D eigenvalue weighted by Crippen LogP contribution is 2.38. The Labute approximate surface area is 187 Å². The van der Waals surface area contributed by atoms with Crippen LogP contribution in [0.25, 0.3) is 0 Å². The Kier molecular flexibility index (Phi) is 11.3. The zero-order valence-electron chi connectivity index (χ0n) is 19.9. The summed E-state index contributed by atoms with van der Waals surface area (Å²) < 4.78 is 21.5. The normalized spacial score (nSPS) is 15.1. The van der Waals surface area contributed by atoms with Crippen molar-refractivity contribution >= 4 is 5.96 Å². The van der Waals surface area contributed by atoms with Crippen molar-refractivity contribution < 1.29 is 18.9 Å². The number of aliphatic imine (C=N–C) groups is 1. The van der Waals surface area contributed by atoms with Crippen LogP contribution in [0.2, 0.25) is 0 Å². The summed E-state index contributed by atoms with van der Waals surface area (Å²) in [5.41, 5.74) is 1.15. The first kappa shape index (κ1) is 25.1. The average molecular weight is 437 g/mol. The molecular formula is C23H40N4O4. The lowest BCUT2D eigenvalue weighted by Gasteiger charge is -2.36. The van der Waals surface area contributed by atoms with E-state index < -0.39 is 0 Å². The van der Waals surface area contributed by atoms with Crippen LogP contribution in [-0.4, -0.2) is 90.1 Å². The molecule has 0 bridgehead atoms. The molecule has 1 aliphatic heterocycles. The van der Waals surface area contributed by atoms with Crippen LogP contribution in [-0.2, 0) is 11.3 Å². The van der Waals surface area contributed by atoms with Crippen molar-refractivity contribution in [3.8, 4) is 17.2 Å². The minimum absolute atomic E-state index is 0.632. The summed E-state index contributed by atoms with van der Waals surface area (Å²) in [6.07, 6.45) is 3.35. The summed E-state index contributed by atoms with van der Waals surface area (Å²) in [5, 5.41) is 3.45. The van der Waals surface area contributed by atoms with E-state index in [0.717, 1.165) is 83.2 Å². The molecule has 1 aliphatic rings. The van der Waals surface area contributed by atoms with Crippen LogP contribution in [0.15, 0.2) is 17.1 Å². The maximum absolute atomic E-state index is 5.49. The van der Waals surface area contributed by atoms with E-state index in [1.165, 1.54) is 0 Å². The van der Waals surface area contributed by atoms with E-state index in [1.807, 2.05) is 12.1 Å². The molecule has 8 heteroatoms. The van der Waals surface area contributed by atoms with E-state index in [1.54, 1.807) is 28.4 Å². The van der Waals surface area contributed by atoms with Crippen LogP contribution in [0.3, 0.4) is 0 Å². The quantitative estimate of drug-likeness (QED) is 0.307. The van der Waals surface area contributed by atoms with E-state index in [-0.39, 0.29) is 0 Å². The molecule has 0 aliphatic carbocycles. The molecule has 1 aromatic carbocycles. The molecule has 0 atom stereocenters. The zero-order valence-corrected chi connectivity index (χ0v) is 19.9. The Balaban J connectivity index is 1.90. The molecule has 0 radical (unpaired) electrons. The number of hydrogen-bond donors (Lipinski definition) is 1. The van der Waals surface area contributed by atoms with Crippen molar-refractivity contribution in [1.29, 1.82) is 0 Å². The van der Waals surface area contributed by atoms with E-state index in [4.69, 9.17) is 23.9 Å². The summed E-state index contributed by atoms with van der Waals surface area (Å²) in [6.45, 7) is 9.42. The molecule has 176 valence electrons. The van der Waals surface area contributed by atoms with Gasteiger partial charge in [0.1, 0.15) is 0 Å². The van der Waals surface area contributed by atoms with Crippen LogP contribution in [0.4, 0.5) is 0 Å². The first-order valence-electron chi connectivity index (χ1n) is 11.2. The number of benzene rings is 1. The van der Waals surface area contributed by atoms with Gasteiger partial charge in [-0.3, -0.25) is 9.89 Å². The van der Waals surface area contributed by atoms with Gasteiger partial charge in [-0.2, -0.15) is 0 Å². The van der Waals surface area contributed by atoms with Gasteiger partial charge in [0, 0.05) is 59.5 Å². The Bertz CT molecular complexity index is 651. The van der Waals surface area contributed by atoms with Gasteiger partial charge in [-0.15, -0.1) is 0 Å². The second-order valence-corrected chi connectivity index (χ2v) is 7.59. The zero-order chi connectivity index (χ0) is 22.5. The van der Waals surface area contributed by atoms with Crippen LogP contribution >= 0.6 is 0 Å². The van der Waals surface area contributed by atoms with Gasteiger partial charge >= 0.3 is 0 Å². The van der Waals surface area contributed by atoms with Crippen LogP contribution in [0.5, 0.6) is 17.2 Å². The second-order valence-electron chi connectivity index (χ2n) is 7.59. The summed E-state index contributed by atoms with van der Waals surface area (Å²) in [7, 11) is 6.68. The van der Waals surface area contributed by atoms with Gasteiger partial charge in [0.2, 0.25) is 5.75 Å². The third-order valence-electron chi connectivity index (χ3n) is 5.41. The largest absolute Gasteiger partial charge is 0.493 e. The van der Waals surface area contributed by atoms with Crippen molar-refractivity contribution in [2.24, 2.45) is 4.99 Å². The molecule has 8 nitrogen and oxygen atoms in total. The Hall–Kier alpha value is -2.19. The molecule has 31 heavy (non-hydrogen) atoms. The monoisotopic (exact) mass is 436 g/mol. The van der Waals surface area contributed by atoms with Crippen LogP contribution in [0, 0.1) is 0 Å². The molecule has 1 heterocycles. The predicted molar refractivity (Wildman–Crippen MR) is 125 cm³/mol. The van der Waals surface area contributed by atoms with E-state index in [9.17, 15) is 0 Å². The molecule has 1 saturated heterocycles. The number of nitrogens with zero attached hydrogens (tertiary/aromatic N) is 3. The Morgan fingerprint density at radius 2 is 1.61 bits per heavy atom. The van der Waals surface area contributed by atoms with E-state index in [0.29, 0.717) is 17.2 Å². The molecule has 1 aromatic rings. The predicted octanol–water partition coefficient (Wildman–Crippen LogP) is 2.61. The molecule has 0 saturated carbocycles.